The van der Waals surface area contributed by atoms with Crippen molar-refractivity contribution < 1.29 is 24.3 Å². The topological polar surface area (TPSA) is 98.1 Å². The molecule has 0 bridgehead atoms. The predicted octanol–water partition coefficient (Wildman–Crippen LogP) is -0.473. The van der Waals surface area contributed by atoms with Gasteiger partial charge in [-0.15, -0.1) is 0 Å². The van der Waals surface area contributed by atoms with Gasteiger partial charge in [-0.3, -0.25) is 14.3 Å². The molecular formula is C5H12NO5P. The molecule has 0 aliphatic heterocycles. The van der Waals surface area contributed by atoms with Crippen molar-refractivity contribution in [1.82, 2.24) is 4.90 Å². The van der Waals surface area contributed by atoms with Gasteiger partial charge in [-0.25, -0.2) is 0 Å². The van der Waals surface area contributed by atoms with E-state index in [0.29, 0.717) is 0 Å². The van der Waals surface area contributed by atoms with Gasteiger partial charge in [-0.1, -0.05) is 0 Å². The number of carboxylic acid groups (broad SMARTS) is 1. The average molecular weight is 197 g/mol. The monoisotopic (exact) mass is 197 g/mol. The van der Waals surface area contributed by atoms with Gasteiger partial charge in [0.2, 0.25) is 0 Å². The van der Waals surface area contributed by atoms with E-state index in [1.165, 1.54) is 14.0 Å². The molecule has 0 saturated carbocycles. The van der Waals surface area contributed by atoms with E-state index in [1.807, 2.05) is 0 Å². The fourth-order valence-electron chi connectivity index (χ4n) is 0.602. The summed E-state index contributed by atoms with van der Waals surface area (Å²) in [5.74, 6) is -1.11. The van der Waals surface area contributed by atoms with Crippen molar-refractivity contribution >= 4 is 13.6 Å². The third-order valence-corrected chi connectivity index (χ3v) is 2.24. The van der Waals surface area contributed by atoms with Crippen molar-refractivity contribution in [3.63, 3.8) is 0 Å². The van der Waals surface area contributed by atoms with E-state index in [9.17, 15) is 9.36 Å². The van der Waals surface area contributed by atoms with Gasteiger partial charge >= 0.3 is 13.6 Å². The minimum absolute atomic E-state index is 0.541. The van der Waals surface area contributed by atoms with Crippen LogP contribution in [0.3, 0.4) is 0 Å². The Hall–Kier alpha value is -0.420. The third kappa shape index (κ3) is 4.46. The Bertz CT molecular complexity index is 212. The molecule has 7 heteroatoms. The maximum Gasteiger partial charge on any atom is 0.339 e. The number of carboxylic acids is 1. The molecule has 72 valence electrons. The highest BCUT2D eigenvalue weighted by atomic mass is 31.2. The second kappa shape index (κ2) is 4.00. The summed E-state index contributed by atoms with van der Waals surface area (Å²) in [6.45, 7) is 1.36. The average Bonchev–Trinajstić information content (AvgIpc) is 1.82. The first-order valence-corrected chi connectivity index (χ1v) is 5.01. The lowest BCUT2D eigenvalue weighted by Crippen LogP contribution is -2.36. The molecule has 0 aromatic rings. The molecule has 0 heterocycles. The van der Waals surface area contributed by atoms with Crippen molar-refractivity contribution in [3.05, 3.63) is 0 Å². The van der Waals surface area contributed by atoms with E-state index in [2.05, 4.69) is 0 Å². The van der Waals surface area contributed by atoms with E-state index < -0.39 is 25.9 Å². The summed E-state index contributed by atoms with van der Waals surface area (Å²) in [5.41, 5.74) is 0. The van der Waals surface area contributed by atoms with Crippen LogP contribution < -0.4 is 0 Å². The van der Waals surface area contributed by atoms with Gasteiger partial charge in [0.05, 0.1) is 0 Å². The molecule has 12 heavy (non-hydrogen) atoms. The molecule has 0 aliphatic rings. The fraction of sp³-hybridized carbons (Fsp3) is 0.800. The van der Waals surface area contributed by atoms with E-state index in [0.717, 1.165) is 4.90 Å². The summed E-state index contributed by atoms with van der Waals surface area (Å²) < 4.78 is 10.4. The highest BCUT2D eigenvalue weighted by molar-refractivity contribution is 7.51. The summed E-state index contributed by atoms with van der Waals surface area (Å²) in [5, 5.41) is 8.45. The molecule has 0 spiro atoms. The Kier molecular flexibility index (Phi) is 3.86. The molecule has 3 N–H and O–H groups in total. The summed E-state index contributed by atoms with van der Waals surface area (Å²) in [6, 6.07) is -0.891. The van der Waals surface area contributed by atoms with Crippen LogP contribution in [0, 0.1) is 0 Å². The van der Waals surface area contributed by atoms with Crippen LogP contribution in [0.2, 0.25) is 0 Å². The molecule has 0 radical (unpaired) electrons. The third-order valence-electron chi connectivity index (χ3n) is 1.43. The molecular weight excluding hydrogens is 185 g/mol. The number of likely N-dealkylation sites (N-methyl/N-ethyl adjacent to an activating group) is 1. The molecule has 1 unspecified atom stereocenters. The van der Waals surface area contributed by atoms with Gasteiger partial charge in [0.1, 0.15) is 12.3 Å². The van der Waals surface area contributed by atoms with E-state index in [-0.39, 0.29) is 0 Å². The summed E-state index contributed by atoms with van der Waals surface area (Å²) in [7, 11) is -2.81. The molecule has 0 aromatic carbocycles. The van der Waals surface area contributed by atoms with Crippen LogP contribution in [0.4, 0.5) is 0 Å². The van der Waals surface area contributed by atoms with Crippen LogP contribution in [-0.2, 0) is 9.36 Å². The highest BCUT2D eigenvalue weighted by Crippen LogP contribution is 2.34. The van der Waals surface area contributed by atoms with E-state index >= 15 is 0 Å². The van der Waals surface area contributed by atoms with Crippen LogP contribution in [0.25, 0.3) is 0 Å². The lowest BCUT2D eigenvalue weighted by molar-refractivity contribution is -0.141. The zero-order valence-corrected chi connectivity index (χ0v) is 7.73. The van der Waals surface area contributed by atoms with Crippen LogP contribution >= 0.6 is 7.60 Å². The Morgan fingerprint density at radius 1 is 1.58 bits per heavy atom. The van der Waals surface area contributed by atoms with E-state index in [4.69, 9.17) is 14.9 Å². The second-order valence-corrected chi connectivity index (χ2v) is 4.19. The normalized spacial score (nSPS) is 14.8. The standard InChI is InChI=1S/C5H12NO5P/c1-4(5(7)8)6(2)3-12(9,10)11/h4H,3H2,1-2H3,(H,7,8)(H2,9,10,11). The zero-order chi connectivity index (χ0) is 9.94. The Labute approximate surface area is 70.0 Å². The SMILES string of the molecule is CC(C(=O)O)N(C)CP(=O)(O)O. The lowest BCUT2D eigenvalue weighted by atomic mass is 10.3. The van der Waals surface area contributed by atoms with Crippen molar-refractivity contribution in [3.8, 4) is 0 Å². The van der Waals surface area contributed by atoms with Crippen LogP contribution in [0.5, 0.6) is 0 Å². The molecule has 1 atom stereocenters. The Morgan fingerprint density at radius 3 is 2.25 bits per heavy atom. The van der Waals surface area contributed by atoms with Crippen molar-refractivity contribution in [2.45, 2.75) is 13.0 Å². The van der Waals surface area contributed by atoms with Crippen LogP contribution in [0.15, 0.2) is 0 Å². The molecule has 6 nitrogen and oxygen atoms in total. The predicted molar refractivity (Wildman–Crippen MR) is 41.8 cm³/mol. The molecule has 0 aliphatic carbocycles. The van der Waals surface area contributed by atoms with Crippen molar-refractivity contribution in [1.29, 1.82) is 0 Å². The zero-order valence-electron chi connectivity index (χ0n) is 6.84. The lowest BCUT2D eigenvalue weighted by Gasteiger charge is -2.20. The minimum atomic E-state index is -4.15. The van der Waals surface area contributed by atoms with Gasteiger partial charge < -0.3 is 14.9 Å². The number of aliphatic carboxylic acids is 1. The maximum absolute atomic E-state index is 10.4. The summed E-state index contributed by atoms with van der Waals surface area (Å²) in [6.07, 6.45) is -0.541. The first-order valence-electron chi connectivity index (χ1n) is 3.21. The van der Waals surface area contributed by atoms with E-state index in [1.54, 1.807) is 0 Å². The molecule has 0 saturated heterocycles. The molecule has 0 amide bonds. The van der Waals surface area contributed by atoms with Gasteiger partial charge in [0, 0.05) is 0 Å². The molecule has 0 aromatic heterocycles. The largest absolute Gasteiger partial charge is 0.480 e. The van der Waals surface area contributed by atoms with Gasteiger partial charge in [-0.2, -0.15) is 0 Å². The number of nitrogens with zero attached hydrogens (tertiary/aromatic N) is 1. The van der Waals surface area contributed by atoms with Crippen molar-refractivity contribution in [2.75, 3.05) is 13.3 Å². The maximum atomic E-state index is 10.4. The fourth-order valence-corrected chi connectivity index (χ4v) is 1.43. The minimum Gasteiger partial charge on any atom is -0.480 e. The number of hydrogen-bond acceptors (Lipinski definition) is 3. The Morgan fingerprint density at radius 2 is 2.00 bits per heavy atom. The quantitative estimate of drug-likeness (QED) is 0.527. The smallest absolute Gasteiger partial charge is 0.339 e. The highest BCUT2D eigenvalue weighted by Gasteiger charge is 2.23. The second-order valence-electron chi connectivity index (χ2n) is 2.58. The van der Waals surface area contributed by atoms with Gasteiger partial charge in [-0.05, 0) is 14.0 Å². The first kappa shape index (κ1) is 11.6. The van der Waals surface area contributed by atoms with Gasteiger partial charge in [0.25, 0.3) is 0 Å². The molecule has 0 rings (SSSR count). The first-order chi connectivity index (χ1) is 5.24. The summed E-state index contributed by atoms with van der Waals surface area (Å²) in [4.78, 5) is 28.4. The number of rotatable bonds is 4. The van der Waals surface area contributed by atoms with Gasteiger partial charge in [0.15, 0.2) is 0 Å². The Balaban J connectivity index is 4.13. The summed E-state index contributed by atoms with van der Waals surface area (Å²) >= 11 is 0. The van der Waals surface area contributed by atoms with Crippen LogP contribution in [-0.4, -0.2) is 45.1 Å². The van der Waals surface area contributed by atoms with Crippen molar-refractivity contribution in [2.24, 2.45) is 0 Å². The number of carbonyl (C=O) groups is 1. The molecule has 0 fully saturated rings. The number of hydrogen-bond donors (Lipinski definition) is 3. The van der Waals surface area contributed by atoms with Crippen LogP contribution in [0.1, 0.15) is 6.92 Å².